The van der Waals surface area contributed by atoms with E-state index in [1.54, 1.807) is 7.05 Å². The van der Waals surface area contributed by atoms with Gasteiger partial charge in [-0.2, -0.15) is 0 Å². The SMILES string of the molecule is CN=C(NCCS(=O)(=O)NCC1CCCCO1)NC1CCN(C2CCCCC2)CC1.I. The average molecular weight is 572 g/mol. The first kappa shape index (κ1) is 27.1. The Kier molecular flexibility index (Phi) is 12.4. The summed E-state index contributed by atoms with van der Waals surface area (Å²) in [5.74, 6) is 0.720. The van der Waals surface area contributed by atoms with Crippen molar-refractivity contribution in [2.24, 2.45) is 4.99 Å². The summed E-state index contributed by atoms with van der Waals surface area (Å²) in [5.41, 5.74) is 0. The lowest BCUT2D eigenvalue weighted by atomic mass is 9.92. The van der Waals surface area contributed by atoms with E-state index in [9.17, 15) is 8.42 Å². The quantitative estimate of drug-likeness (QED) is 0.235. The van der Waals surface area contributed by atoms with Crippen molar-refractivity contribution in [1.29, 1.82) is 0 Å². The van der Waals surface area contributed by atoms with Gasteiger partial charge in [0.25, 0.3) is 0 Å². The second-order valence-corrected chi connectivity index (χ2v) is 10.8. The highest BCUT2D eigenvalue weighted by atomic mass is 127. The molecule has 1 atom stereocenters. The maximum Gasteiger partial charge on any atom is 0.213 e. The van der Waals surface area contributed by atoms with Crippen LogP contribution in [-0.2, 0) is 14.8 Å². The van der Waals surface area contributed by atoms with Gasteiger partial charge in [0.05, 0.1) is 11.9 Å². The predicted octanol–water partition coefficient (Wildman–Crippen LogP) is 2.06. The van der Waals surface area contributed by atoms with Crippen molar-refractivity contribution in [3.8, 4) is 0 Å². The lowest BCUT2D eigenvalue weighted by Gasteiger charge is -2.39. The van der Waals surface area contributed by atoms with E-state index in [0.717, 1.165) is 57.8 Å². The first-order valence-electron chi connectivity index (χ1n) is 11.9. The Labute approximate surface area is 205 Å². The number of nitrogens with one attached hydrogen (secondary N) is 3. The lowest BCUT2D eigenvalue weighted by Crippen LogP contribution is -2.51. The van der Waals surface area contributed by atoms with Crippen molar-refractivity contribution in [3.63, 3.8) is 0 Å². The minimum Gasteiger partial charge on any atom is -0.377 e. The van der Waals surface area contributed by atoms with E-state index < -0.39 is 10.0 Å². The highest BCUT2D eigenvalue weighted by molar-refractivity contribution is 14.0. The molecule has 2 aliphatic heterocycles. The molecular weight excluding hydrogens is 529 g/mol. The molecule has 0 bridgehead atoms. The van der Waals surface area contributed by atoms with Gasteiger partial charge in [0.2, 0.25) is 10.0 Å². The third-order valence-electron chi connectivity index (χ3n) is 6.65. The molecule has 2 saturated heterocycles. The summed E-state index contributed by atoms with van der Waals surface area (Å²) in [6.07, 6.45) is 12.2. The summed E-state index contributed by atoms with van der Waals surface area (Å²) in [6.45, 7) is 3.72. The van der Waals surface area contributed by atoms with Crippen molar-refractivity contribution in [3.05, 3.63) is 0 Å². The van der Waals surface area contributed by atoms with Crippen LogP contribution in [0.25, 0.3) is 0 Å². The number of hydrogen-bond acceptors (Lipinski definition) is 5. The molecule has 8 nitrogen and oxygen atoms in total. The lowest BCUT2D eigenvalue weighted by molar-refractivity contribution is 0.0200. The average Bonchev–Trinajstić information content (AvgIpc) is 2.79. The van der Waals surface area contributed by atoms with Crippen LogP contribution in [0.4, 0.5) is 0 Å². The Hall–Kier alpha value is -0.170. The monoisotopic (exact) mass is 571 g/mol. The molecule has 0 aromatic rings. The predicted molar refractivity (Wildman–Crippen MR) is 137 cm³/mol. The minimum absolute atomic E-state index is 0. The Balaban J connectivity index is 0.00000341. The third-order valence-corrected chi connectivity index (χ3v) is 8.00. The number of aliphatic imine (C=N–C) groups is 1. The van der Waals surface area contributed by atoms with Crippen molar-refractivity contribution in [1.82, 2.24) is 20.3 Å². The van der Waals surface area contributed by atoms with E-state index in [1.165, 1.54) is 32.1 Å². The maximum absolute atomic E-state index is 12.2. The molecule has 3 fully saturated rings. The van der Waals surface area contributed by atoms with Crippen LogP contribution < -0.4 is 15.4 Å². The van der Waals surface area contributed by atoms with Crippen LogP contribution in [0.15, 0.2) is 4.99 Å². The van der Waals surface area contributed by atoms with E-state index in [0.29, 0.717) is 25.1 Å². The van der Waals surface area contributed by atoms with Gasteiger partial charge in [0.1, 0.15) is 0 Å². The number of hydrogen-bond donors (Lipinski definition) is 3. The Bertz CT molecular complexity index is 629. The number of halogens is 1. The van der Waals surface area contributed by atoms with Crippen LogP contribution >= 0.6 is 24.0 Å². The van der Waals surface area contributed by atoms with Crippen molar-refractivity contribution in [2.75, 3.05) is 45.6 Å². The van der Waals surface area contributed by atoms with Crippen molar-refractivity contribution in [2.45, 2.75) is 82.4 Å². The Morgan fingerprint density at radius 1 is 1.03 bits per heavy atom. The van der Waals surface area contributed by atoms with E-state index >= 15 is 0 Å². The third kappa shape index (κ3) is 9.69. The standard InChI is InChI=1S/C21H41N5O3S.HI/c1-22-21(23-12-16-30(27,28)24-17-20-9-5-6-15-29-20)25-18-10-13-26(14-11-18)19-7-3-2-4-8-19;/h18-20,24H,2-17H2,1H3,(H2,22,23,25);1H. The molecule has 10 heteroatoms. The van der Waals surface area contributed by atoms with Crippen LogP contribution in [0, 0.1) is 0 Å². The summed E-state index contributed by atoms with van der Waals surface area (Å²) in [7, 11) is -1.58. The smallest absolute Gasteiger partial charge is 0.213 e. The molecule has 31 heavy (non-hydrogen) atoms. The van der Waals surface area contributed by atoms with Gasteiger partial charge in [-0.1, -0.05) is 19.3 Å². The first-order chi connectivity index (χ1) is 14.6. The summed E-state index contributed by atoms with van der Waals surface area (Å²) < 4.78 is 32.8. The van der Waals surface area contributed by atoms with Gasteiger partial charge in [0, 0.05) is 51.9 Å². The van der Waals surface area contributed by atoms with Crippen LogP contribution in [-0.4, -0.2) is 83.1 Å². The van der Waals surface area contributed by atoms with Crippen molar-refractivity contribution >= 4 is 40.0 Å². The molecule has 0 aromatic carbocycles. The number of rotatable bonds is 8. The largest absolute Gasteiger partial charge is 0.377 e. The summed E-state index contributed by atoms with van der Waals surface area (Å²) in [5, 5.41) is 6.64. The fourth-order valence-electron chi connectivity index (χ4n) is 4.81. The van der Waals surface area contributed by atoms with Gasteiger partial charge in [-0.25, -0.2) is 13.1 Å². The van der Waals surface area contributed by atoms with E-state index in [-0.39, 0.29) is 35.8 Å². The molecule has 0 radical (unpaired) electrons. The molecule has 182 valence electrons. The van der Waals surface area contributed by atoms with Crippen LogP contribution in [0.1, 0.15) is 64.2 Å². The van der Waals surface area contributed by atoms with Gasteiger partial charge in [-0.05, 0) is 44.9 Å². The normalized spacial score (nSPS) is 25.1. The summed E-state index contributed by atoms with van der Waals surface area (Å²) >= 11 is 0. The highest BCUT2D eigenvalue weighted by Gasteiger charge is 2.26. The zero-order chi connectivity index (χ0) is 21.2. The van der Waals surface area contributed by atoms with Gasteiger partial charge >= 0.3 is 0 Å². The number of likely N-dealkylation sites (tertiary alicyclic amines) is 1. The second kappa shape index (κ2) is 14.2. The summed E-state index contributed by atoms with van der Waals surface area (Å²) in [4.78, 5) is 6.94. The van der Waals surface area contributed by atoms with Gasteiger partial charge in [-0.3, -0.25) is 4.99 Å². The van der Waals surface area contributed by atoms with E-state index in [1.807, 2.05) is 0 Å². The van der Waals surface area contributed by atoms with Gasteiger partial charge in [0.15, 0.2) is 5.96 Å². The fourth-order valence-corrected chi connectivity index (χ4v) is 5.76. The van der Waals surface area contributed by atoms with E-state index in [4.69, 9.17) is 4.74 Å². The number of nitrogens with zero attached hydrogens (tertiary/aromatic N) is 2. The van der Waals surface area contributed by atoms with Crippen LogP contribution in [0.2, 0.25) is 0 Å². The van der Waals surface area contributed by atoms with Crippen LogP contribution in [0.3, 0.4) is 0 Å². The Morgan fingerprint density at radius 2 is 1.74 bits per heavy atom. The molecule has 3 aliphatic rings. The highest BCUT2D eigenvalue weighted by Crippen LogP contribution is 2.25. The molecule has 2 heterocycles. The molecule has 0 aromatic heterocycles. The molecule has 3 rings (SSSR count). The number of sulfonamides is 1. The summed E-state index contributed by atoms with van der Waals surface area (Å²) in [6, 6.07) is 1.18. The zero-order valence-electron chi connectivity index (χ0n) is 19.0. The molecule has 1 unspecified atom stereocenters. The molecule has 3 N–H and O–H groups in total. The van der Waals surface area contributed by atoms with Gasteiger partial charge < -0.3 is 20.3 Å². The number of piperidine rings is 1. The fraction of sp³-hybridized carbons (Fsp3) is 0.952. The maximum atomic E-state index is 12.2. The van der Waals surface area contributed by atoms with Crippen LogP contribution in [0.5, 0.6) is 0 Å². The minimum atomic E-state index is -3.32. The molecule has 1 aliphatic carbocycles. The second-order valence-electron chi connectivity index (χ2n) is 8.90. The number of ether oxygens (including phenoxy) is 1. The Morgan fingerprint density at radius 3 is 2.39 bits per heavy atom. The molecule has 1 saturated carbocycles. The van der Waals surface area contributed by atoms with Crippen molar-refractivity contribution < 1.29 is 13.2 Å². The first-order valence-corrected chi connectivity index (χ1v) is 13.5. The molecular formula is C21H42IN5O3S. The zero-order valence-corrected chi connectivity index (χ0v) is 22.1. The topological polar surface area (TPSA) is 95.1 Å². The van der Waals surface area contributed by atoms with Gasteiger partial charge in [-0.15, -0.1) is 24.0 Å². The van der Waals surface area contributed by atoms with E-state index in [2.05, 4.69) is 25.2 Å². The molecule has 0 spiro atoms. The number of guanidine groups is 1. The molecule has 0 amide bonds.